The van der Waals surface area contributed by atoms with E-state index in [0.29, 0.717) is 11.6 Å². The molecule has 0 aliphatic heterocycles. The van der Waals surface area contributed by atoms with Gasteiger partial charge in [0.15, 0.2) is 0 Å². The predicted octanol–water partition coefficient (Wildman–Crippen LogP) is 2.51. The molecule has 4 atom stereocenters. The van der Waals surface area contributed by atoms with E-state index in [1.54, 1.807) is 24.3 Å². The van der Waals surface area contributed by atoms with Crippen molar-refractivity contribution in [3.05, 3.63) is 29.8 Å². The molecule has 0 amide bonds. The highest BCUT2D eigenvalue weighted by molar-refractivity contribution is 7.88. The van der Waals surface area contributed by atoms with Crippen LogP contribution in [0.4, 0.5) is 5.69 Å². The Labute approximate surface area is 127 Å². The normalized spacial score (nSPS) is 29.7. The Morgan fingerprint density at radius 1 is 1.24 bits per heavy atom. The van der Waals surface area contributed by atoms with Crippen LogP contribution in [-0.4, -0.2) is 14.5 Å². The highest BCUT2D eigenvalue weighted by Gasteiger charge is 2.42. The van der Waals surface area contributed by atoms with Crippen LogP contribution < -0.4 is 10.5 Å². The van der Waals surface area contributed by atoms with Gasteiger partial charge in [-0.1, -0.05) is 18.6 Å². The minimum atomic E-state index is -3.29. The van der Waals surface area contributed by atoms with Crippen LogP contribution in [0.1, 0.15) is 38.2 Å². The van der Waals surface area contributed by atoms with E-state index in [1.165, 1.54) is 25.7 Å². The summed E-state index contributed by atoms with van der Waals surface area (Å²) >= 11 is 0. The van der Waals surface area contributed by atoms with Gasteiger partial charge in [-0.05, 0) is 61.6 Å². The maximum Gasteiger partial charge on any atom is 0.216 e. The fraction of sp³-hybridized carbons (Fsp3) is 0.625. The molecule has 0 heterocycles. The molecule has 21 heavy (non-hydrogen) atoms. The van der Waals surface area contributed by atoms with E-state index < -0.39 is 10.0 Å². The van der Waals surface area contributed by atoms with Crippen molar-refractivity contribution in [3.63, 3.8) is 0 Å². The second kappa shape index (κ2) is 5.61. The van der Waals surface area contributed by atoms with E-state index in [-0.39, 0.29) is 11.8 Å². The third-order valence-electron chi connectivity index (χ3n) is 5.14. The number of fused-ring (bicyclic) bond motifs is 2. The van der Waals surface area contributed by atoms with Crippen LogP contribution in [-0.2, 0) is 15.8 Å². The van der Waals surface area contributed by atoms with E-state index in [0.717, 1.165) is 17.4 Å². The second-order valence-electron chi connectivity index (χ2n) is 6.75. The molecule has 0 radical (unpaired) electrons. The molecule has 1 aromatic carbocycles. The Kier molecular flexibility index (Phi) is 3.97. The molecule has 0 saturated heterocycles. The number of nitrogens with one attached hydrogen (secondary N) is 1. The van der Waals surface area contributed by atoms with Crippen LogP contribution in [0.25, 0.3) is 0 Å². The van der Waals surface area contributed by atoms with Gasteiger partial charge in [-0.3, -0.25) is 0 Å². The molecule has 3 N–H and O–H groups in total. The Morgan fingerprint density at radius 3 is 2.52 bits per heavy atom. The van der Waals surface area contributed by atoms with Gasteiger partial charge in [-0.15, -0.1) is 0 Å². The van der Waals surface area contributed by atoms with Crippen LogP contribution >= 0.6 is 0 Å². The minimum Gasteiger partial charge on any atom is -0.399 e. The lowest BCUT2D eigenvalue weighted by Gasteiger charge is -2.28. The number of rotatable bonds is 5. The molecule has 0 spiro atoms. The van der Waals surface area contributed by atoms with Crippen molar-refractivity contribution in [2.45, 2.75) is 44.4 Å². The standard InChI is InChI=1S/C16H24N2O2S/c1-11(16-9-13-2-5-14(16)8-13)18-21(19,20)10-12-3-6-15(17)7-4-12/h3-4,6-7,11,13-14,16,18H,2,5,8-10,17H2,1H3. The van der Waals surface area contributed by atoms with E-state index in [2.05, 4.69) is 4.72 Å². The largest absolute Gasteiger partial charge is 0.399 e. The fourth-order valence-corrected chi connectivity index (χ4v) is 5.61. The minimum absolute atomic E-state index is 0.0262. The Morgan fingerprint density at radius 2 is 1.95 bits per heavy atom. The van der Waals surface area contributed by atoms with Gasteiger partial charge in [0.05, 0.1) is 5.75 Å². The molecule has 4 nitrogen and oxygen atoms in total. The summed E-state index contributed by atoms with van der Waals surface area (Å²) in [5.74, 6) is 2.11. The highest BCUT2D eigenvalue weighted by Crippen LogP contribution is 2.49. The zero-order valence-electron chi connectivity index (χ0n) is 12.5. The Hall–Kier alpha value is -1.07. The zero-order valence-corrected chi connectivity index (χ0v) is 13.3. The third-order valence-corrected chi connectivity index (χ3v) is 6.58. The number of nitrogens with two attached hydrogens (primary N) is 1. The summed E-state index contributed by atoms with van der Waals surface area (Å²) in [5.41, 5.74) is 7.05. The molecule has 5 heteroatoms. The first-order valence-electron chi connectivity index (χ1n) is 7.77. The average molecular weight is 308 g/mol. The van der Waals surface area contributed by atoms with Crippen molar-refractivity contribution >= 4 is 15.7 Å². The number of sulfonamides is 1. The van der Waals surface area contributed by atoms with Gasteiger partial charge >= 0.3 is 0 Å². The van der Waals surface area contributed by atoms with Crippen molar-refractivity contribution in [1.82, 2.24) is 4.72 Å². The van der Waals surface area contributed by atoms with Gasteiger partial charge in [-0.25, -0.2) is 13.1 Å². The maximum absolute atomic E-state index is 12.3. The first-order valence-corrected chi connectivity index (χ1v) is 9.42. The summed E-state index contributed by atoms with van der Waals surface area (Å²) in [6.07, 6.45) is 5.11. The Bertz CT molecular complexity index is 597. The van der Waals surface area contributed by atoms with Crippen molar-refractivity contribution in [1.29, 1.82) is 0 Å². The fourth-order valence-electron chi connectivity index (χ4n) is 4.15. The van der Waals surface area contributed by atoms with E-state index in [9.17, 15) is 8.42 Å². The van der Waals surface area contributed by atoms with Crippen molar-refractivity contribution in [3.8, 4) is 0 Å². The molecule has 4 unspecified atom stereocenters. The summed E-state index contributed by atoms with van der Waals surface area (Å²) in [6, 6.07) is 7.07. The number of nitrogen functional groups attached to an aromatic ring is 1. The summed E-state index contributed by atoms with van der Waals surface area (Å²) in [7, 11) is -3.29. The second-order valence-corrected chi connectivity index (χ2v) is 8.50. The number of hydrogen-bond donors (Lipinski definition) is 2. The lowest BCUT2D eigenvalue weighted by molar-refractivity contribution is 0.280. The summed E-state index contributed by atoms with van der Waals surface area (Å²) < 4.78 is 27.5. The average Bonchev–Trinajstić information content (AvgIpc) is 3.03. The molecular formula is C16H24N2O2S. The van der Waals surface area contributed by atoms with Crippen molar-refractivity contribution < 1.29 is 8.42 Å². The smallest absolute Gasteiger partial charge is 0.216 e. The quantitative estimate of drug-likeness (QED) is 0.821. The first kappa shape index (κ1) is 14.9. The molecule has 2 fully saturated rings. The van der Waals surface area contributed by atoms with E-state index >= 15 is 0 Å². The van der Waals surface area contributed by atoms with Gasteiger partial charge in [0.1, 0.15) is 0 Å². The molecule has 2 aliphatic carbocycles. The monoisotopic (exact) mass is 308 g/mol. The molecule has 0 aromatic heterocycles. The van der Waals surface area contributed by atoms with Gasteiger partial charge in [0, 0.05) is 11.7 Å². The van der Waals surface area contributed by atoms with Crippen molar-refractivity contribution in [2.24, 2.45) is 17.8 Å². The molecular weight excluding hydrogens is 284 g/mol. The number of benzene rings is 1. The highest BCUT2D eigenvalue weighted by atomic mass is 32.2. The van der Waals surface area contributed by atoms with E-state index in [1.807, 2.05) is 6.92 Å². The predicted molar refractivity (Wildman–Crippen MR) is 85.0 cm³/mol. The lowest BCUT2D eigenvalue weighted by Crippen LogP contribution is -2.40. The molecule has 2 bridgehead atoms. The molecule has 2 aliphatic rings. The molecule has 3 rings (SSSR count). The number of hydrogen-bond acceptors (Lipinski definition) is 3. The molecule has 2 saturated carbocycles. The van der Waals surface area contributed by atoms with E-state index in [4.69, 9.17) is 5.73 Å². The first-order chi connectivity index (χ1) is 9.93. The third kappa shape index (κ3) is 3.40. The van der Waals surface area contributed by atoms with Gasteiger partial charge < -0.3 is 5.73 Å². The van der Waals surface area contributed by atoms with Crippen LogP contribution in [0.3, 0.4) is 0 Å². The summed E-state index contributed by atoms with van der Waals surface area (Å²) in [6.45, 7) is 2.02. The Balaban J connectivity index is 1.61. The lowest BCUT2D eigenvalue weighted by atomic mass is 9.84. The summed E-state index contributed by atoms with van der Waals surface area (Å²) in [5, 5.41) is 0. The molecule has 1 aromatic rings. The maximum atomic E-state index is 12.3. The van der Waals surface area contributed by atoms with Crippen molar-refractivity contribution in [2.75, 3.05) is 5.73 Å². The SMILES string of the molecule is CC(NS(=O)(=O)Cc1ccc(N)cc1)C1CC2CCC1C2. The zero-order chi connectivity index (χ0) is 15.0. The van der Waals surface area contributed by atoms with Crippen LogP contribution in [0.5, 0.6) is 0 Å². The van der Waals surface area contributed by atoms with Gasteiger partial charge in [0.2, 0.25) is 10.0 Å². The van der Waals surface area contributed by atoms with Crippen LogP contribution in [0.2, 0.25) is 0 Å². The van der Waals surface area contributed by atoms with Crippen LogP contribution in [0, 0.1) is 17.8 Å². The topological polar surface area (TPSA) is 72.2 Å². The molecule has 116 valence electrons. The van der Waals surface area contributed by atoms with Gasteiger partial charge in [0.25, 0.3) is 0 Å². The van der Waals surface area contributed by atoms with Gasteiger partial charge in [-0.2, -0.15) is 0 Å². The van der Waals surface area contributed by atoms with Crippen LogP contribution in [0.15, 0.2) is 24.3 Å². The number of anilines is 1. The summed E-state index contributed by atoms with van der Waals surface area (Å²) in [4.78, 5) is 0.